The normalized spacial score (nSPS) is 10.5. The summed E-state index contributed by atoms with van der Waals surface area (Å²) in [5.74, 6) is -1.08. The Balaban J connectivity index is 2.01. The third-order valence-corrected chi connectivity index (χ3v) is 5.33. The zero-order valence-corrected chi connectivity index (χ0v) is 18.2. The van der Waals surface area contributed by atoms with E-state index in [1.807, 2.05) is 60.7 Å². The fraction of sp³-hybridized carbons (Fsp3) is 0.192. The van der Waals surface area contributed by atoms with Crippen LogP contribution in [0.1, 0.15) is 33.8 Å². The topological polar surface area (TPSA) is 78.5 Å². The fourth-order valence-electron chi connectivity index (χ4n) is 3.65. The highest BCUT2D eigenvalue weighted by Crippen LogP contribution is 2.30. The van der Waals surface area contributed by atoms with E-state index in [2.05, 4.69) is 10.6 Å². The van der Waals surface area contributed by atoms with Gasteiger partial charge in [0.15, 0.2) is 0 Å². The summed E-state index contributed by atoms with van der Waals surface area (Å²) in [4.78, 5) is 39.7. The molecule has 6 heteroatoms. The minimum absolute atomic E-state index is 0.146. The molecule has 0 bridgehead atoms. The van der Waals surface area contributed by atoms with Crippen molar-refractivity contribution in [3.8, 4) is 0 Å². The van der Waals surface area contributed by atoms with Crippen LogP contribution in [0.5, 0.6) is 0 Å². The van der Waals surface area contributed by atoms with Gasteiger partial charge in [0.25, 0.3) is 5.91 Å². The zero-order chi connectivity index (χ0) is 22.9. The lowest BCUT2D eigenvalue weighted by Gasteiger charge is -2.27. The second-order valence-corrected chi connectivity index (χ2v) is 7.33. The van der Waals surface area contributed by atoms with E-state index in [0.29, 0.717) is 11.3 Å². The zero-order valence-electron chi connectivity index (χ0n) is 18.2. The molecule has 32 heavy (non-hydrogen) atoms. The average molecular weight is 430 g/mol. The SMILES string of the molecule is CNC(=O)CN(C(=O)CC(c1ccccc1)c1ccccc1)c1ccccc1C(=O)NC. The number of carbonyl (C=O) groups excluding carboxylic acids is 3. The number of nitrogens with zero attached hydrogens (tertiary/aromatic N) is 1. The van der Waals surface area contributed by atoms with Crippen molar-refractivity contribution in [2.75, 3.05) is 25.5 Å². The molecule has 0 aliphatic carbocycles. The van der Waals surface area contributed by atoms with E-state index in [-0.39, 0.29) is 36.6 Å². The second-order valence-electron chi connectivity index (χ2n) is 7.33. The molecule has 0 unspecified atom stereocenters. The Labute approximate surface area is 188 Å². The molecule has 0 saturated heterocycles. The molecule has 3 amide bonds. The van der Waals surface area contributed by atoms with Gasteiger partial charge in [0.1, 0.15) is 6.54 Å². The first-order valence-electron chi connectivity index (χ1n) is 10.5. The standard InChI is InChI=1S/C26H27N3O3/c1-27-24(30)18-29(23-16-10-9-15-21(23)26(32)28-2)25(31)17-22(19-11-5-3-6-12-19)20-13-7-4-8-14-20/h3-16,22H,17-18H2,1-2H3,(H,27,30)(H,28,32). The molecule has 0 spiro atoms. The number of hydrogen-bond acceptors (Lipinski definition) is 3. The van der Waals surface area contributed by atoms with Crippen molar-refractivity contribution in [3.05, 3.63) is 102 Å². The van der Waals surface area contributed by atoms with Crippen LogP contribution < -0.4 is 15.5 Å². The molecule has 3 aromatic rings. The van der Waals surface area contributed by atoms with Crippen LogP contribution in [0.25, 0.3) is 0 Å². The Morgan fingerprint density at radius 3 is 1.81 bits per heavy atom. The lowest BCUT2D eigenvalue weighted by molar-refractivity contribution is -0.123. The van der Waals surface area contributed by atoms with E-state index < -0.39 is 0 Å². The van der Waals surface area contributed by atoms with Gasteiger partial charge in [-0.2, -0.15) is 0 Å². The van der Waals surface area contributed by atoms with Gasteiger partial charge in [-0.1, -0.05) is 72.8 Å². The number of likely N-dealkylation sites (N-methyl/N-ethyl adjacent to an activating group) is 1. The fourth-order valence-corrected chi connectivity index (χ4v) is 3.65. The van der Waals surface area contributed by atoms with Crippen LogP contribution in [-0.2, 0) is 9.59 Å². The van der Waals surface area contributed by atoms with Gasteiger partial charge in [-0.3, -0.25) is 14.4 Å². The summed E-state index contributed by atoms with van der Waals surface area (Å²) >= 11 is 0. The molecular formula is C26H27N3O3. The number of benzene rings is 3. The van der Waals surface area contributed by atoms with Gasteiger partial charge >= 0.3 is 0 Å². The van der Waals surface area contributed by atoms with Gasteiger partial charge in [0, 0.05) is 26.4 Å². The van der Waals surface area contributed by atoms with Gasteiger partial charge in [0.05, 0.1) is 11.3 Å². The molecule has 0 heterocycles. The van der Waals surface area contributed by atoms with Crippen LogP contribution in [0, 0.1) is 0 Å². The third-order valence-electron chi connectivity index (χ3n) is 5.33. The Morgan fingerprint density at radius 1 is 0.750 bits per heavy atom. The first kappa shape index (κ1) is 22.7. The number of nitrogens with one attached hydrogen (secondary N) is 2. The Kier molecular flexibility index (Phi) is 7.75. The number of anilines is 1. The summed E-state index contributed by atoms with van der Waals surface area (Å²) in [6, 6.07) is 26.4. The number of carbonyl (C=O) groups is 3. The summed E-state index contributed by atoms with van der Waals surface area (Å²) in [6.07, 6.45) is 0.146. The van der Waals surface area contributed by atoms with Crippen LogP contribution in [0.3, 0.4) is 0 Å². The molecule has 0 radical (unpaired) electrons. The number of rotatable bonds is 8. The van der Waals surface area contributed by atoms with Gasteiger partial charge in [-0.25, -0.2) is 0 Å². The first-order chi connectivity index (χ1) is 15.5. The molecule has 3 aromatic carbocycles. The van der Waals surface area contributed by atoms with Crippen molar-refractivity contribution in [1.82, 2.24) is 10.6 Å². The largest absolute Gasteiger partial charge is 0.358 e. The van der Waals surface area contributed by atoms with Crippen molar-refractivity contribution >= 4 is 23.4 Å². The van der Waals surface area contributed by atoms with Crippen LogP contribution in [0.15, 0.2) is 84.9 Å². The lowest BCUT2D eigenvalue weighted by Crippen LogP contribution is -2.41. The minimum atomic E-state index is -0.321. The van der Waals surface area contributed by atoms with Gasteiger partial charge in [-0.05, 0) is 23.3 Å². The molecule has 0 fully saturated rings. The molecule has 0 aliphatic heterocycles. The molecule has 0 atom stereocenters. The number of hydrogen-bond donors (Lipinski definition) is 2. The minimum Gasteiger partial charge on any atom is -0.358 e. The van der Waals surface area contributed by atoms with E-state index in [4.69, 9.17) is 0 Å². The molecule has 3 rings (SSSR count). The maximum Gasteiger partial charge on any atom is 0.253 e. The van der Waals surface area contributed by atoms with Crippen LogP contribution >= 0.6 is 0 Å². The van der Waals surface area contributed by atoms with Crippen LogP contribution in [-0.4, -0.2) is 38.4 Å². The summed E-state index contributed by atoms with van der Waals surface area (Å²) in [5, 5.41) is 5.16. The summed E-state index contributed by atoms with van der Waals surface area (Å²) in [5.41, 5.74) is 2.75. The maximum absolute atomic E-state index is 13.6. The van der Waals surface area contributed by atoms with E-state index in [1.54, 1.807) is 24.3 Å². The predicted molar refractivity (Wildman–Crippen MR) is 126 cm³/mol. The monoisotopic (exact) mass is 429 g/mol. The second kappa shape index (κ2) is 10.9. The van der Waals surface area contributed by atoms with Gasteiger partial charge < -0.3 is 15.5 Å². The summed E-state index contributed by atoms with van der Waals surface area (Å²) in [6.45, 7) is -0.181. The quantitative estimate of drug-likeness (QED) is 0.576. The molecule has 0 aromatic heterocycles. The van der Waals surface area contributed by atoms with Crippen molar-refractivity contribution in [2.45, 2.75) is 12.3 Å². The highest BCUT2D eigenvalue weighted by Gasteiger charge is 2.27. The predicted octanol–water partition coefficient (Wildman–Crippen LogP) is 3.35. The van der Waals surface area contributed by atoms with Crippen molar-refractivity contribution in [2.24, 2.45) is 0 Å². The maximum atomic E-state index is 13.6. The molecule has 6 nitrogen and oxygen atoms in total. The van der Waals surface area contributed by atoms with Gasteiger partial charge in [0.2, 0.25) is 11.8 Å². The molecule has 164 valence electrons. The van der Waals surface area contributed by atoms with Crippen molar-refractivity contribution < 1.29 is 14.4 Å². The van der Waals surface area contributed by atoms with E-state index in [1.165, 1.54) is 19.0 Å². The van der Waals surface area contributed by atoms with Crippen LogP contribution in [0.4, 0.5) is 5.69 Å². The van der Waals surface area contributed by atoms with Crippen molar-refractivity contribution in [1.29, 1.82) is 0 Å². The highest BCUT2D eigenvalue weighted by atomic mass is 16.2. The smallest absolute Gasteiger partial charge is 0.253 e. The molecule has 0 saturated carbocycles. The van der Waals surface area contributed by atoms with Crippen molar-refractivity contribution in [3.63, 3.8) is 0 Å². The average Bonchev–Trinajstić information content (AvgIpc) is 2.86. The summed E-state index contributed by atoms with van der Waals surface area (Å²) < 4.78 is 0. The van der Waals surface area contributed by atoms with E-state index >= 15 is 0 Å². The van der Waals surface area contributed by atoms with Gasteiger partial charge in [-0.15, -0.1) is 0 Å². The lowest BCUT2D eigenvalue weighted by atomic mass is 9.88. The Morgan fingerprint density at radius 2 is 1.28 bits per heavy atom. The Hall–Kier alpha value is -3.93. The van der Waals surface area contributed by atoms with E-state index in [9.17, 15) is 14.4 Å². The number of para-hydroxylation sites is 1. The van der Waals surface area contributed by atoms with Crippen LogP contribution in [0.2, 0.25) is 0 Å². The van der Waals surface area contributed by atoms with E-state index in [0.717, 1.165) is 11.1 Å². The third kappa shape index (κ3) is 5.40. The first-order valence-corrected chi connectivity index (χ1v) is 10.5. The summed E-state index contributed by atoms with van der Waals surface area (Å²) in [7, 11) is 3.05. The highest BCUT2D eigenvalue weighted by molar-refractivity contribution is 6.06. The molecule has 2 N–H and O–H groups in total. The molecule has 0 aliphatic rings. The number of amides is 3. The Bertz CT molecular complexity index is 1030. The molecular weight excluding hydrogens is 402 g/mol.